The van der Waals surface area contributed by atoms with E-state index in [0.29, 0.717) is 59.0 Å². The number of nitrogens with one attached hydrogen (secondary N) is 3. The molecule has 12 heteroatoms. The Labute approximate surface area is 250 Å². The lowest BCUT2D eigenvalue weighted by atomic mass is 9.99. The molecule has 0 bridgehead atoms. The molecule has 0 aromatic heterocycles. The summed E-state index contributed by atoms with van der Waals surface area (Å²) in [6.45, 7) is 2.31. The van der Waals surface area contributed by atoms with E-state index in [0.717, 1.165) is 12.0 Å². The van der Waals surface area contributed by atoms with Gasteiger partial charge in [0, 0.05) is 36.2 Å². The Morgan fingerprint density at radius 1 is 0.833 bits per heavy atom. The zero-order valence-corrected chi connectivity index (χ0v) is 24.9. The lowest BCUT2D eigenvalue weighted by Gasteiger charge is -2.14. The number of unbranched alkanes of at least 4 members (excludes halogenated alkanes) is 3. The maximum Gasteiger partial charge on any atom is 0.469 e. The zero-order valence-electron chi connectivity index (χ0n) is 23.3. The van der Waals surface area contributed by atoms with Crippen molar-refractivity contribution >= 4 is 54.1 Å². The van der Waals surface area contributed by atoms with Gasteiger partial charge in [-0.25, -0.2) is 4.57 Å². The number of benzene rings is 3. The maximum absolute atomic E-state index is 13.0. The lowest BCUT2D eigenvalue weighted by Crippen LogP contribution is -2.25. The number of anilines is 3. The molecule has 42 heavy (non-hydrogen) atoms. The third-order valence-electron chi connectivity index (χ3n) is 6.32. The second-order valence-corrected chi connectivity index (χ2v) is 11.3. The zero-order chi connectivity index (χ0) is 30.5. The highest BCUT2D eigenvalue weighted by Gasteiger charge is 2.16. The van der Waals surface area contributed by atoms with Crippen molar-refractivity contribution in [3.63, 3.8) is 0 Å². The van der Waals surface area contributed by atoms with Gasteiger partial charge < -0.3 is 25.7 Å². The van der Waals surface area contributed by atoms with Gasteiger partial charge in [0.05, 0.1) is 23.0 Å². The van der Waals surface area contributed by atoms with Gasteiger partial charge in [0.1, 0.15) is 0 Å². The second-order valence-electron chi connectivity index (χ2n) is 9.65. The number of rotatable bonds is 16. The average molecular weight is 616 g/mol. The summed E-state index contributed by atoms with van der Waals surface area (Å²) in [6.07, 6.45) is 2.74. The molecular weight excluding hydrogens is 581 g/mol. The first-order valence-electron chi connectivity index (χ1n) is 13.6. The molecule has 3 aromatic carbocycles. The first kappa shape index (κ1) is 33.0. The summed E-state index contributed by atoms with van der Waals surface area (Å²) in [7, 11) is -4.42. The van der Waals surface area contributed by atoms with Crippen molar-refractivity contribution in [1.29, 1.82) is 0 Å². The van der Waals surface area contributed by atoms with Crippen LogP contribution in [0.25, 0.3) is 0 Å². The van der Waals surface area contributed by atoms with Gasteiger partial charge in [0.2, 0.25) is 11.8 Å². The van der Waals surface area contributed by atoms with Crippen LogP contribution in [0.15, 0.2) is 66.7 Å². The highest BCUT2D eigenvalue weighted by atomic mass is 35.5. The van der Waals surface area contributed by atoms with Gasteiger partial charge in [-0.3, -0.25) is 18.9 Å². The van der Waals surface area contributed by atoms with Crippen LogP contribution < -0.4 is 16.0 Å². The van der Waals surface area contributed by atoms with Crippen molar-refractivity contribution in [3.05, 3.63) is 88.4 Å². The molecule has 3 aromatic rings. The Bertz CT molecular complexity index is 1440. The summed E-state index contributed by atoms with van der Waals surface area (Å²) in [6, 6.07) is 19.5. The van der Waals surface area contributed by atoms with Crippen LogP contribution in [0.4, 0.5) is 17.1 Å². The quantitative estimate of drug-likeness (QED) is 0.0733. The average Bonchev–Trinajstić information content (AvgIpc) is 2.94. The molecule has 0 aliphatic carbocycles. The van der Waals surface area contributed by atoms with Crippen LogP contribution in [0.1, 0.15) is 60.0 Å². The molecule has 0 saturated heterocycles. The normalized spacial score (nSPS) is 11.1. The molecule has 0 fully saturated rings. The molecule has 3 rings (SSSR count). The Morgan fingerprint density at radius 2 is 1.50 bits per heavy atom. The van der Waals surface area contributed by atoms with Crippen molar-refractivity contribution < 1.29 is 33.3 Å². The number of ketones is 1. The van der Waals surface area contributed by atoms with Gasteiger partial charge in [-0.2, -0.15) is 0 Å². The number of carbonyl (C=O) groups excluding carboxylic acids is 3. The lowest BCUT2D eigenvalue weighted by molar-refractivity contribution is -0.124. The first-order valence-corrected chi connectivity index (χ1v) is 15.5. The van der Waals surface area contributed by atoms with E-state index in [4.69, 9.17) is 21.4 Å². The van der Waals surface area contributed by atoms with Crippen molar-refractivity contribution in [3.8, 4) is 0 Å². The van der Waals surface area contributed by atoms with E-state index in [9.17, 15) is 18.9 Å². The molecule has 0 aliphatic heterocycles. The van der Waals surface area contributed by atoms with Crippen LogP contribution in [0.2, 0.25) is 5.02 Å². The smallest absolute Gasteiger partial charge is 0.356 e. The van der Waals surface area contributed by atoms with E-state index < -0.39 is 7.82 Å². The summed E-state index contributed by atoms with van der Waals surface area (Å²) in [5, 5.41) is 9.12. The van der Waals surface area contributed by atoms with E-state index in [1.54, 1.807) is 42.5 Å². The molecule has 5 N–H and O–H groups in total. The number of phosphoric acid groups is 1. The largest absolute Gasteiger partial charge is 0.469 e. The fraction of sp³-hybridized carbons (Fsp3) is 0.300. The van der Waals surface area contributed by atoms with Crippen molar-refractivity contribution in [1.82, 2.24) is 5.32 Å². The molecular formula is C30H35ClN3O7P. The number of carbonyl (C=O) groups is 3. The van der Waals surface area contributed by atoms with Crippen molar-refractivity contribution in [2.24, 2.45) is 0 Å². The van der Waals surface area contributed by atoms with E-state index >= 15 is 0 Å². The minimum Gasteiger partial charge on any atom is -0.356 e. The fourth-order valence-corrected chi connectivity index (χ4v) is 4.76. The van der Waals surface area contributed by atoms with Crippen LogP contribution in [0.5, 0.6) is 0 Å². The highest BCUT2D eigenvalue weighted by molar-refractivity contribution is 7.46. The van der Waals surface area contributed by atoms with E-state index in [1.165, 1.54) is 0 Å². The third kappa shape index (κ3) is 11.0. The van der Waals surface area contributed by atoms with Gasteiger partial charge in [-0.15, -0.1) is 0 Å². The molecule has 0 aliphatic rings. The van der Waals surface area contributed by atoms with Crippen LogP contribution >= 0.6 is 19.4 Å². The Kier molecular flexibility index (Phi) is 12.7. The summed E-state index contributed by atoms with van der Waals surface area (Å²) < 4.78 is 15.0. The maximum atomic E-state index is 13.0. The summed E-state index contributed by atoms with van der Waals surface area (Å²) >= 11 is 6.48. The second kappa shape index (κ2) is 16.2. The molecule has 10 nitrogen and oxygen atoms in total. The standard InChI is InChI=1S/C30H35ClN3O7P/c1-21-10-4-5-11-23(21)30(37)24-15-14-22(20-25(24)31)33-26-12-6-7-13-27(26)34-29(36)17-16-28(35)32-18-8-2-3-9-19-41-42(38,39)40/h4-7,10-15,20,33H,2-3,8-9,16-19H2,1H3,(H,32,35)(H,34,36)(H2,38,39,40). The predicted octanol–water partition coefficient (Wildman–Crippen LogP) is 6.13. The van der Waals surface area contributed by atoms with E-state index in [-0.39, 0.29) is 37.0 Å². The van der Waals surface area contributed by atoms with Crippen LogP contribution in [0, 0.1) is 6.92 Å². The summed E-state index contributed by atoms with van der Waals surface area (Å²) in [5.74, 6) is -0.717. The Morgan fingerprint density at radius 3 is 2.21 bits per heavy atom. The van der Waals surface area contributed by atoms with Gasteiger partial charge in [-0.05, 0) is 55.7 Å². The number of amides is 2. The van der Waals surface area contributed by atoms with Crippen molar-refractivity contribution in [2.75, 3.05) is 23.8 Å². The molecule has 0 heterocycles. The minimum atomic E-state index is -4.42. The molecule has 2 amide bonds. The third-order valence-corrected chi connectivity index (χ3v) is 7.15. The molecule has 0 unspecified atom stereocenters. The number of para-hydroxylation sites is 2. The number of phosphoric ester groups is 1. The topological polar surface area (TPSA) is 154 Å². The van der Waals surface area contributed by atoms with Gasteiger partial charge in [0.15, 0.2) is 5.78 Å². The van der Waals surface area contributed by atoms with Crippen LogP contribution in [-0.4, -0.2) is 40.5 Å². The van der Waals surface area contributed by atoms with E-state index in [1.807, 2.05) is 31.2 Å². The monoisotopic (exact) mass is 615 g/mol. The molecule has 0 radical (unpaired) electrons. The Hall–Kier alpha value is -3.53. The number of hydrogen-bond donors (Lipinski definition) is 5. The van der Waals surface area contributed by atoms with Gasteiger partial charge in [0.25, 0.3) is 0 Å². The SMILES string of the molecule is Cc1ccccc1C(=O)c1ccc(Nc2ccccc2NC(=O)CCC(=O)NCCCCCCOP(=O)(O)O)cc1Cl. The minimum absolute atomic E-state index is 0.00141. The summed E-state index contributed by atoms with van der Waals surface area (Å²) in [4.78, 5) is 54.9. The number of hydrogen-bond acceptors (Lipinski definition) is 6. The number of aryl methyl sites for hydroxylation is 1. The summed E-state index contributed by atoms with van der Waals surface area (Å²) in [5.41, 5.74) is 3.63. The fourth-order valence-electron chi connectivity index (χ4n) is 4.13. The molecule has 0 atom stereocenters. The Balaban J connectivity index is 1.45. The molecule has 0 saturated carbocycles. The molecule has 0 spiro atoms. The highest BCUT2D eigenvalue weighted by Crippen LogP contribution is 2.35. The van der Waals surface area contributed by atoms with Gasteiger partial charge >= 0.3 is 7.82 Å². The first-order chi connectivity index (χ1) is 20.0. The molecule has 224 valence electrons. The van der Waals surface area contributed by atoms with E-state index in [2.05, 4.69) is 20.5 Å². The van der Waals surface area contributed by atoms with Gasteiger partial charge in [-0.1, -0.05) is 60.8 Å². The predicted molar refractivity (Wildman–Crippen MR) is 163 cm³/mol. The van der Waals surface area contributed by atoms with Crippen LogP contribution in [-0.2, 0) is 18.7 Å². The van der Waals surface area contributed by atoms with Crippen molar-refractivity contribution in [2.45, 2.75) is 45.4 Å². The number of halogens is 1. The van der Waals surface area contributed by atoms with Crippen LogP contribution in [0.3, 0.4) is 0 Å².